The van der Waals surface area contributed by atoms with Crippen LogP contribution in [-0.2, 0) is 4.79 Å². The van der Waals surface area contributed by atoms with E-state index < -0.39 is 0 Å². The minimum Gasteiger partial charge on any atom is -0.493 e. The van der Waals surface area contributed by atoms with Crippen LogP contribution in [0.4, 0.5) is 11.4 Å². The predicted octanol–water partition coefficient (Wildman–Crippen LogP) is 3.02. The molecule has 0 saturated carbocycles. The first-order chi connectivity index (χ1) is 11.5. The Bertz CT molecular complexity index is 774. The van der Waals surface area contributed by atoms with E-state index in [1.807, 2.05) is 32.0 Å². The number of anilines is 2. The van der Waals surface area contributed by atoms with Gasteiger partial charge in [0.25, 0.3) is 0 Å². The standard InChI is InChI=1S/C18H20N2O4/c1-11-3-4-15(12(2)7-11)22-6-5-18(21)20-14-9-17-16(8-13(14)19)23-10-24-17/h3-4,7-9H,5-6,10,19H2,1-2H3,(H,20,21). The van der Waals surface area contributed by atoms with Crippen LogP contribution in [0.1, 0.15) is 17.5 Å². The molecule has 0 aliphatic carbocycles. The summed E-state index contributed by atoms with van der Waals surface area (Å²) < 4.78 is 16.2. The highest BCUT2D eigenvalue weighted by molar-refractivity contribution is 5.94. The van der Waals surface area contributed by atoms with Gasteiger partial charge >= 0.3 is 0 Å². The molecular weight excluding hydrogens is 308 g/mol. The largest absolute Gasteiger partial charge is 0.493 e. The summed E-state index contributed by atoms with van der Waals surface area (Å²) in [5.74, 6) is 1.77. The first kappa shape index (κ1) is 16.0. The first-order valence-electron chi connectivity index (χ1n) is 7.72. The summed E-state index contributed by atoms with van der Waals surface area (Å²) in [5.41, 5.74) is 9.09. The number of hydrogen-bond acceptors (Lipinski definition) is 5. The van der Waals surface area contributed by atoms with Crippen LogP contribution in [0, 0.1) is 13.8 Å². The van der Waals surface area contributed by atoms with Crippen molar-refractivity contribution in [2.24, 2.45) is 0 Å². The summed E-state index contributed by atoms with van der Waals surface area (Å²) in [7, 11) is 0. The van der Waals surface area contributed by atoms with Crippen molar-refractivity contribution in [2.45, 2.75) is 20.3 Å². The molecule has 1 amide bonds. The highest BCUT2D eigenvalue weighted by Gasteiger charge is 2.17. The van der Waals surface area contributed by atoms with Gasteiger partial charge < -0.3 is 25.3 Å². The van der Waals surface area contributed by atoms with Gasteiger partial charge in [-0.3, -0.25) is 4.79 Å². The molecule has 0 radical (unpaired) electrons. The molecular formula is C18H20N2O4. The van der Waals surface area contributed by atoms with E-state index in [0.717, 1.165) is 11.3 Å². The van der Waals surface area contributed by atoms with Crippen molar-refractivity contribution >= 4 is 17.3 Å². The van der Waals surface area contributed by atoms with Crippen molar-refractivity contribution in [1.82, 2.24) is 0 Å². The van der Waals surface area contributed by atoms with E-state index in [-0.39, 0.29) is 19.1 Å². The maximum absolute atomic E-state index is 12.1. The predicted molar refractivity (Wildman–Crippen MR) is 91.6 cm³/mol. The Kier molecular flexibility index (Phi) is 4.46. The third-order valence-electron chi connectivity index (χ3n) is 3.74. The van der Waals surface area contributed by atoms with Crippen molar-refractivity contribution < 1.29 is 19.0 Å². The number of benzene rings is 2. The molecule has 0 spiro atoms. The summed E-state index contributed by atoms with van der Waals surface area (Å²) in [6.07, 6.45) is 0.223. The molecule has 3 N–H and O–H groups in total. The summed E-state index contributed by atoms with van der Waals surface area (Å²) in [6, 6.07) is 9.25. The van der Waals surface area contributed by atoms with Crippen LogP contribution < -0.4 is 25.3 Å². The summed E-state index contributed by atoms with van der Waals surface area (Å²) in [6.45, 7) is 4.46. The van der Waals surface area contributed by atoms with Crippen LogP contribution in [0.2, 0.25) is 0 Å². The normalized spacial score (nSPS) is 12.1. The Labute approximate surface area is 140 Å². The molecule has 24 heavy (non-hydrogen) atoms. The zero-order valence-corrected chi connectivity index (χ0v) is 13.7. The molecule has 1 aliphatic rings. The van der Waals surface area contributed by atoms with Gasteiger partial charge in [0.2, 0.25) is 12.7 Å². The van der Waals surface area contributed by atoms with E-state index in [9.17, 15) is 4.79 Å². The van der Waals surface area contributed by atoms with E-state index in [1.54, 1.807) is 12.1 Å². The molecule has 6 heteroatoms. The number of nitrogen functional groups attached to an aromatic ring is 1. The summed E-state index contributed by atoms with van der Waals surface area (Å²) in [5, 5.41) is 2.77. The van der Waals surface area contributed by atoms with E-state index in [0.29, 0.717) is 29.5 Å². The molecule has 1 aliphatic heterocycles. The molecule has 0 fully saturated rings. The lowest BCUT2D eigenvalue weighted by molar-refractivity contribution is -0.116. The molecule has 2 aromatic rings. The molecule has 6 nitrogen and oxygen atoms in total. The number of nitrogens with one attached hydrogen (secondary N) is 1. The van der Waals surface area contributed by atoms with Gasteiger partial charge in [-0.2, -0.15) is 0 Å². The molecule has 0 saturated heterocycles. The quantitative estimate of drug-likeness (QED) is 0.824. The van der Waals surface area contributed by atoms with Crippen molar-refractivity contribution in [2.75, 3.05) is 24.5 Å². The fraction of sp³-hybridized carbons (Fsp3) is 0.278. The van der Waals surface area contributed by atoms with E-state index in [2.05, 4.69) is 5.32 Å². The minimum absolute atomic E-state index is 0.163. The van der Waals surface area contributed by atoms with Gasteiger partial charge in [-0.15, -0.1) is 0 Å². The second kappa shape index (κ2) is 6.70. The van der Waals surface area contributed by atoms with Crippen LogP contribution in [0.15, 0.2) is 30.3 Å². The first-order valence-corrected chi connectivity index (χ1v) is 7.72. The average Bonchev–Trinajstić information content (AvgIpc) is 2.97. The Balaban J connectivity index is 1.54. The fourth-order valence-electron chi connectivity index (χ4n) is 2.49. The number of aryl methyl sites for hydroxylation is 2. The number of ether oxygens (including phenoxy) is 3. The Morgan fingerprint density at radius 3 is 2.71 bits per heavy atom. The third kappa shape index (κ3) is 3.53. The summed E-state index contributed by atoms with van der Waals surface area (Å²) >= 11 is 0. The maximum Gasteiger partial charge on any atom is 0.231 e. The molecule has 3 rings (SSSR count). The zero-order valence-electron chi connectivity index (χ0n) is 13.7. The van der Waals surface area contributed by atoms with Gasteiger partial charge in [0.05, 0.1) is 24.4 Å². The van der Waals surface area contributed by atoms with Gasteiger partial charge in [0.15, 0.2) is 11.5 Å². The lowest BCUT2D eigenvalue weighted by Gasteiger charge is -2.11. The van der Waals surface area contributed by atoms with Crippen LogP contribution in [0.25, 0.3) is 0 Å². The second-order valence-electron chi connectivity index (χ2n) is 5.71. The zero-order chi connectivity index (χ0) is 17.1. The number of rotatable bonds is 5. The van der Waals surface area contributed by atoms with Crippen molar-refractivity contribution in [3.05, 3.63) is 41.5 Å². The molecule has 0 unspecified atom stereocenters. The number of hydrogen-bond donors (Lipinski definition) is 2. The maximum atomic E-state index is 12.1. The lowest BCUT2D eigenvalue weighted by Crippen LogP contribution is -2.16. The Morgan fingerprint density at radius 1 is 1.21 bits per heavy atom. The van der Waals surface area contributed by atoms with Crippen LogP contribution >= 0.6 is 0 Å². The Hall–Kier alpha value is -2.89. The van der Waals surface area contributed by atoms with Crippen LogP contribution in [0.5, 0.6) is 17.2 Å². The average molecular weight is 328 g/mol. The van der Waals surface area contributed by atoms with Crippen molar-refractivity contribution in [3.8, 4) is 17.2 Å². The molecule has 2 aromatic carbocycles. The van der Waals surface area contributed by atoms with Crippen molar-refractivity contribution in [1.29, 1.82) is 0 Å². The van der Waals surface area contributed by atoms with Gasteiger partial charge in [0, 0.05) is 12.1 Å². The smallest absolute Gasteiger partial charge is 0.231 e. The van der Waals surface area contributed by atoms with Gasteiger partial charge in [-0.05, 0) is 25.5 Å². The number of fused-ring (bicyclic) bond motifs is 1. The van der Waals surface area contributed by atoms with E-state index >= 15 is 0 Å². The number of carbonyl (C=O) groups is 1. The fourth-order valence-corrected chi connectivity index (χ4v) is 2.49. The molecule has 126 valence electrons. The topological polar surface area (TPSA) is 82.8 Å². The van der Waals surface area contributed by atoms with Gasteiger partial charge in [-0.25, -0.2) is 0 Å². The number of carbonyl (C=O) groups excluding carboxylic acids is 1. The van der Waals surface area contributed by atoms with Crippen LogP contribution in [0.3, 0.4) is 0 Å². The monoisotopic (exact) mass is 328 g/mol. The van der Waals surface area contributed by atoms with Crippen molar-refractivity contribution in [3.63, 3.8) is 0 Å². The van der Waals surface area contributed by atoms with Gasteiger partial charge in [-0.1, -0.05) is 17.7 Å². The van der Waals surface area contributed by atoms with E-state index in [4.69, 9.17) is 19.9 Å². The highest BCUT2D eigenvalue weighted by Crippen LogP contribution is 2.38. The molecule has 0 atom stereocenters. The lowest BCUT2D eigenvalue weighted by atomic mass is 10.1. The third-order valence-corrected chi connectivity index (χ3v) is 3.74. The number of amides is 1. The minimum atomic E-state index is -0.176. The molecule has 0 aromatic heterocycles. The SMILES string of the molecule is Cc1ccc(OCCC(=O)Nc2cc3c(cc2N)OCO3)c(C)c1. The second-order valence-corrected chi connectivity index (χ2v) is 5.71. The van der Waals surface area contributed by atoms with E-state index in [1.165, 1.54) is 5.56 Å². The highest BCUT2D eigenvalue weighted by atomic mass is 16.7. The van der Waals surface area contributed by atoms with Gasteiger partial charge in [0.1, 0.15) is 5.75 Å². The number of nitrogens with two attached hydrogens (primary N) is 1. The van der Waals surface area contributed by atoms with Crippen LogP contribution in [-0.4, -0.2) is 19.3 Å². The Morgan fingerprint density at radius 2 is 1.96 bits per heavy atom. The molecule has 1 heterocycles. The molecule has 0 bridgehead atoms. The summed E-state index contributed by atoms with van der Waals surface area (Å²) in [4.78, 5) is 12.1.